The number of rotatable bonds is 8. The highest BCUT2D eigenvalue weighted by molar-refractivity contribution is 8.00. The number of anilines is 1. The predicted molar refractivity (Wildman–Crippen MR) is 122 cm³/mol. The van der Waals surface area contributed by atoms with Crippen molar-refractivity contribution in [1.29, 1.82) is 0 Å². The van der Waals surface area contributed by atoms with Gasteiger partial charge in [-0.25, -0.2) is 9.55 Å². The van der Waals surface area contributed by atoms with Crippen molar-refractivity contribution in [2.24, 2.45) is 10.9 Å². The minimum atomic E-state index is -1.52. The fourth-order valence-corrected chi connectivity index (χ4v) is 5.56. The lowest BCUT2D eigenvalue weighted by molar-refractivity contribution is -0.689. The molecule has 0 unspecified atom stereocenters. The maximum atomic E-state index is 12.9. The molecule has 3 amide bonds. The molecule has 0 radical (unpaired) electrons. The van der Waals surface area contributed by atoms with E-state index in [-0.39, 0.29) is 40.1 Å². The fourth-order valence-electron chi connectivity index (χ4n) is 3.68. The van der Waals surface area contributed by atoms with Crippen LogP contribution in [-0.4, -0.2) is 63.6 Å². The second-order valence-corrected chi connectivity index (χ2v) is 9.42. The molecular formula is C20H19N7O6S2. The summed E-state index contributed by atoms with van der Waals surface area (Å²) in [6.07, 6.45) is 3.13. The van der Waals surface area contributed by atoms with E-state index in [1.165, 1.54) is 36.5 Å². The fraction of sp³-hybridized carbons (Fsp3) is 0.250. The normalized spacial score (nSPS) is 19.6. The van der Waals surface area contributed by atoms with E-state index in [0.29, 0.717) is 5.57 Å². The van der Waals surface area contributed by atoms with Crippen LogP contribution in [0.3, 0.4) is 0 Å². The lowest BCUT2D eigenvalue weighted by Crippen LogP contribution is -2.71. The van der Waals surface area contributed by atoms with E-state index in [2.05, 4.69) is 15.5 Å². The number of primary amides is 1. The molecule has 2 aliphatic heterocycles. The summed E-state index contributed by atoms with van der Waals surface area (Å²) in [7, 11) is 1.26. The van der Waals surface area contributed by atoms with Crippen molar-refractivity contribution in [3.63, 3.8) is 0 Å². The van der Waals surface area contributed by atoms with Crippen molar-refractivity contribution in [1.82, 2.24) is 15.2 Å². The Morgan fingerprint density at radius 1 is 1.43 bits per heavy atom. The molecule has 4 rings (SSSR count). The number of carboxylic acids is 1. The maximum absolute atomic E-state index is 12.9. The van der Waals surface area contributed by atoms with Crippen LogP contribution in [0.5, 0.6) is 0 Å². The number of aromatic nitrogens is 2. The van der Waals surface area contributed by atoms with E-state index in [1.807, 2.05) is 0 Å². The van der Waals surface area contributed by atoms with Crippen molar-refractivity contribution in [3.8, 4) is 0 Å². The molecule has 0 aliphatic carbocycles. The number of carboxylic acid groups (broad SMARTS) is 1. The molecule has 13 nitrogen and oxygen atoms in total. The number of oxime groups is 1. The number of thiazole rings is 1. The van der Waals surface area contributed by atoms with Crippen molar-refractivity contribution >= 4 is 57.6 Å². The van der Waals surface area contributed by atoms with Gasteiger partial charge in [-0.1, -0.05) is 5.16 Å². The van der Waals surface area contributed by atoms with E-state index in [0.717, 1.165) is 16.2 Å². The number of nitrogens with zero attached hydrogens (tertiary/aromatic N) is 4. The van der Waals surface area contributed by atoms with Gasteiger partial charge in [0.05, 0.1) is 11.7 Å². The lowest BCUT2D eigenvalue weighted by Gasteiger charge is -2.50. The third-order valence-corrected chi connectivity index (χ3v) is 7.22. The zero-order valence-electron chi connectivity index (χ0n) is 18.2. The zero-order valence-corrected chi connectivity index (χ0v) is 19.8. The van der Waals surface area contributed by atoms with E-state index in [9.17, 15) is 24.3 Å². The van der Waals surface area contributed by atoms with Crippen LogP contribution in [-0.2, 0) is 25.8 Å². The van der Waals surface area contributed by atoms with Crippen molar-refractivity contribution in [2.45, 2.75) is 18.0 Å². The summed E-state index contributed by atoms with van der Waals surface area (Å²) in [6.45, 7) is 0.0981. The molecule has 2 aliphatic rings. The summed E-state index contributed by atoms with van der Waals surface area (Å²) >= 11 is 2.39. The Balaban J connectivity index is 1.54. The van der Waals surface area contributed by atoms with Crippen LogP contribution in [0, 0.1) is 0 Å². The number of hydrogen-bond acceptors (Lipinski definition) is 11. The number of amides is 3. The summed E-state index contributed by atoms with van der Waals surface area (Å²) in [5.41, 5.74) is 11.3. The largest absolute Gasteiger partial charge is 0.543 e. The quantitative estimate of drug-likeness (QED) is 0.147. The van der Waals surface area contributed by atoms with Crippen LogP contribution in [0.2, 0.25) is 0 Å². The van der Waals surface area contributed by atoms with Gasteiger partial charge in [-0.3, -0.25) is 19.3 Å². The van der Waals surface area contributed by atoms with Crippen LogP contribution in [0.1, 0.15) is 16.1 Å². The Kier molecular flexibility index (Phi) is 6.70. The average Bonchev–Trinajstić information content (AvgIpc) is 3.26. The minimum absolute atomic E-state index is 0.0981. The lowest BCUT2D eigenvalue weighted by atomic mass is 10.0. The van der Waals surface area contributed by atoms with Gasteiger partial charge in [0.2, 0.25) is 0 Å². The first kappa shape index (κ1) is 24.2. The number of nitrogens with one attached hydrogen (secondary N) is 1. The molecule has 0 aromatic carbocycles. The Morgan fingerprint density at radius 2 is 2.20 bits per heavy atom. The van der Waals surface area contributed by atoms with Gasteiger partial charge in [-0.15, -0.1) is 23.1 Å². The highest BCUT2D eigenvalue weighted by Gasteiger charge is 2.53. The summed E-state index contributed by atoms with van der Waals surface area (Å²) in [5, 5.41) is 19.3. The first-order valence-corrected chi connectivity index (χ1v) is 11.9. The second-order valence-electron chi connectivity index (χ2n) is 7.42. The molecule has 1 fully saturated rings. The average molecular weight is 518 g/mol. The number of fused-ring (bicyclic) bond motifs is 1. The van der Waals surface area contributed by atoms with Gasteiger partial charge in [0, 0.05) is 22.8 Å². The topological polar surface area (TPSA) is 197 Å². The second kappa shape index (κ2) is 9.71. The van der Waals surface area contributed by atoms with Crippen molar-refractivity contribution < 1.29 is 33.7 Å². The van der Waals surface area contributed by atoms with Crippen LogP contribution in [0.4, 0.5) is 5.13 Å². The van der Waals surface area contributed by atoms with E-state index in [1.54, 1.807) is 16.8 Å². The molecule has 0 spiro atoms. The number of carbonyl (C=O) groups excluding carboxylic acids is 4. The van der Waals surface area contributed by atoms with Gasteiger partial charge in [-0.2, -0.15) is 0 Å². The monoisotopic (exact) mass is 517 g/mol. The maximum Gasteiger partial charge on any atom is 0.276 e. The Labute approximate surface area is 206 Å². The minimum Gasteiger partial charge on any atom is -0.543 e. The molecule has 2 aromatic rings. The Bertz CT molecular complexity index is 1290. The van der Waals surface area contributed by atoms with Crippen LogP contribution < -0.4 is 26.5 Å². The number of aliphatic carboxylic acids is 1. The molecule has 182 valence electrons. The molecule has 5 N–H and O–H groups in total. The first-order chi connectivity index (χ1) is 16.7. The van der Waals surface area contributed by atoms with Gasteiger partial charge < -0.3 is 31.5 Å². The van der Waals surface area contributed by atoms with Crippen LogP contribution in [0.25, 0.3) is 0 Å². The van der Waals surface area contributed by atoms with Gasteiger partial charge in [-0.05, 0) is 6.07 Å². The third-order valence-electron chi connectivity index (χ3n) is 5.21. The number of pyridine rings is 1. The molecule has 2 aromatic heterocycles. The zero-order chi connectivity index (χ0) is 25.3. The standard InChI is InChI=1S/C20H19N7O6S2/c1-33-25-12(11-8-35-20(22)23-11)16(29)24-13-17(30)27-14(19(31)32)10(7-34-18(13)27)6-26-4-2-3-9(5-26)15(21)28/h2-5,8,13,18H,6-7H2,1H3,(H5-,21,22,23,24,28,29,31,32)/b25-12-/t13-,18-/m1/s1. The summed E-state index contributed by atoms with van der Waals surface area (Å²) in [5.74, 6) is -3.23. The van der Waals surface area contributed by atoms with Gasteiger partial charge in [0.15, 0.2) is 29.8 Å². The highest BCUT2D eigenvalue weighted by Crippen LogP contribution is 2.40. The number of thioether (sulfide) groups is 1. The van der Waals surface area contributed by atoms with E-state index in [4.69, 9.17) is 16.3 Å². The van der Waals surface area contributed by atoms with Gasteiger partial charge >= 0.3 is 0 Å². The van der Waals surface area contributed by atoms with Crippen LogP contribution in [0.15, 0.2) is 46.3 Å². The number of nitrogens with two attached hydrogens (primary N) is 2. The van der Waals surface area contributed by atoms with Crippen LogP contribution >= 0.6 is 23.1 Å². The summed E-state index contributed by atoms with van der Waals surface area (Å²) < 4.78 is 1.59. The third kappa shape index (κ3) is 4.67. The SMILES string of the molecule is CO/N=C(\C(=O)N[C@@H]1C(=O)N2C(C(=O)[O-])=C(C[n+]3cccc(C(N)=O)c3)CS[C@H]12)c1csc(N)n1. The number of carbonyl (C=O) groups is 4. The number of β-lactam (4-membered cyclic amide) rings is 1. The number of hydrogen-bond donors (Lipinski definition) is 3. The van der Waals surface area contributed by atoms with Crippen molar-refractivity contribution in [3.05, 3.63) is 52.4 Å². The van der Waals surface area contributed by atoms with E-state index < -0.39 is 35.1 Å². The number of nitrogen functional groups attached to an aromatic ring is 1. The van der Waals surface area contributed by atoms with Gasteiger partial charge in [0.1, 0.15) is 29.8 Å². The smallest absolute Gasteiger partial charge is 0.276 e. The summed E-state index contributed by atoms with van der Waals surface area (Å²) in [4.78, 5) is 59.0. The van der Waals surface area contributed by atoms with Crippen molar-refractivity contribution in [2.75, 3.05) is 18.6 Å². The molecule has 35 heavy (non-hydrogen) atoms. The molecule has 1 saturated heterocycles. The molecular weight excluding hydrogens is 498 g/mol. The highest BCUT2D eigenvalue weighted by atomic mass is 32.2. The summed E-state index contributed by atoms with van der Waals surface area (Å²) in [6, 6.07) is 2.15. The van der Waals surface area contributed by atoms with Gasteiger partial charge in [0.25, 0.3) is 17.7 Å². The molecule has 15 heteroatoms. The van der Waals surface area contributed by atoms with E-state index >= 15 is 0 Å². The predicted octanol–water partition coefficient (Wildman–Crippen LogP) is -2.43. The Morgan fingerprint density at radius 3 is 2.83 bits per heavy atom. The molecule has 4 heterocycles. The first-order valence-electron chi connectivity index (χ1n) is 10.0. The Hall–Kier alpha value is -3.98. The molecule has 0 saturated carbocycles. The molecule has 2 atom stereocenters. The molecule has 0 bridgehead atoms.